The summed E-state index contributed by atoms with van der Waals surface area (Å²) >= 11 is 0. The van der Waals surface area contributed by atoms with Gasteiger partial charge in [-0.05, 0) is 71.1 Å². The minimum atomic E-state index is -0.534. The zero-order valence-electron chi connectivity index (χ0n) is 20.3. The Labute approximate surface area is 215 Å². The van der Waals surface area contributed by atoms with Crippen LogP contribution in [-0.2, 0) is 0 Å². The van der Waals surface area contributed by atoms with Crippen molar-refractivity contribution in [3.05, 3.63) is 144 Å². The van der Waals surface area contributed by atoms with E-state index in [1.165, 1.54) is 0 Å². The summed E-state index contributed by atoms with van der Waals surface area (Å²) in [6.07, 6.45) is 0. The fraction of sp³-hybridized carbons (Fsp3) is 0.0303. The lowest BCUT2D eigenvalue weighted by Crippen LogP contribution is -2.12. The molecule has 5 aromatic rings. The monoisotopic (exact) mass is 484 g/mol. The molecule has 0 aliphatic rings. The topological polar surface area (TPSA) is 52.6 Å². The van der Waals surface area contributed by atoms with E-state index in [1.54, 1.807) is 42.5 Å². The van der Waals surface area contributed by atoms with Crippen LogP contribution in [0.4, 0.5) is 0 Å². The molecule has 0 aromatic heterocycles. The quantitative estimate of drug-likeness (QED) is 0.182. The van der Waals surface area contributed by atoms with Crippen LogP contribution >= 0.6 is 0 Å². The number of rotatable bonds is 6. The summed E-state index contributed by atoms with van der Waals surface area (Å²) in [6.45, 7) is 1.87. The largest absolute Gasteiger partial charge is 0.419 e. The fourth-order valence-electron chi connectivity index (χ4n) is 3.96. The molecule has 0 atom stereocenters. The van der Waals surface area contributed by atoms with E-state index in [2.05, 4.69) is 0 Å². The summed E-state index contributed by atoms with van der Waals surface area (Å²) in [5.74, 6) is -0.703. The predicted octanol–water partition coefficient (Wildman–Crippen LogP) is 7.77. The van der Waals surface area contributed by atoms with Crippen LogP contribution < -0.4 is 9.47 Å². The van der Waals surface area contributed by atoms with E-state index in [0.717, 1.165) is 27.8 Å². The van der Waals surface area contributed by atoms with E-state index < -0.39 is 11.9 Å². The van der Waals surface area contributed by atoms with Crippen molar-refractivity contribution in [2.24, 2.45) is 0 Å². The van der Waals surface area contributed by atoms with Gasteiger partial charge in [0.15, 0.2) is 11.5 Å². The van der Waals surface area contributed by atoms with Crippen molar-refractivity contribution in [1.82, 2.24) is 0 Å². The van der Waals surface area contributed by atoms with E-state index in [4.69, 9.17) is 9.47 Å². The zero-order chi connectivity index (χ0) is 25.6. The number of esters is 2. The Morgan fingerprint density at radius 1 is 0.459 bits per heavy atom. The molecule has 0 amide bonds. The van der Waals surface area contributed by atoms with Crippen molar-refractivity contribution in [2.45, 2.75) is 6.92 Å². The average Bonchev–Trinajstić information content (AvgIpc) is 2.95. The molecule has 0 radical (unpaired) electrons. The molecule has 0 bridgehead atoms. The van der Waals surface area contributed by atoms with Crippen molar-refractivity contribution in [1.29, 1.82) is 0 Å². The zero-order valence-corrected chi connectivity index (χ0v) is 20.3. The SMILES string of the molecule is Cc1ccc(OC(=O)c2ccc(-c3ccccc3)cc2)c(OC(=O)c2ccc(-c3ccccc3)cc2)c1. The van der Waals surface area contributed by atoms with Crippen LogP contribution in [0.2, 0.25) is 0 Å². The Hall–Kier alpha value is -4.96. The number of benzene rings is 5. The van der Waals surface area contributed by atoms with Crippen molar-refractivity contribution in [3.8, 4) is 33.8 Å². The van der Waals surface area contributed by atoms with Crippen molar-refractivity contribution >= 4 is 11.9 Å². The van der Waals surface area contributed by atoms with E-state index in [0.29, 0.717) is 11.1 Å². The van der Waals surface area contributed by atoms with Crippen molar-refractivity contribution < 1.29 is 19.1 Å². The standard InChI is InChI=1S/C33H24O4/c1-23-12-21-30(36-32(34)28-17-13-26(14-18-28)24-8-4-2-5-9-24)31(22-23)37-33(35)29-19-15-27(16-20-29)25-10-6-3-7-11-25/h2-22H,1H3. The lowest BCUT2D eigenvalue weighted by Gasteiger charge is -2.12. The van der Waals surface area contributed by atoms with E-state index in [-0.39, 0.29) is 11.5 Å². The maximum atomic E-state index is 12.9. The molecule has 0 aliphatic carbocycles. The summed E-state index contributed by atoms with van der Waals surface area (Å²) in [4.78, 5) is 25.8. The third-order valence-corrected chi connectivity index (χ3v) is 5.96. The highest BCUT2D eigenvalue weighted by molar-refractivity contribution is 5.94. The molecule has 0 unspecified atom stereocenters. The molecule has 0 spiro atoms. The van der Waals surface area contributed by atoms with Gasteiger partial charge in [-0.2, -0.15) is 0 Å². The maximum absolute atomic E-state index is 12.9. The van der Waals surface area contributed by atoms with Gasteiger partial charge in [-0.3, -0.25) is 0 Å². The molecular formula is C33H24O4. The van der Waals surface area contributed by atoms with Crippen LogP contribution in [-0.4, -0.2) is 11.9 Å². The van der Waals surface area contributed by atoms with Crippen LogP contribution in [0.25, 0.3) is 22.3 Å². The molecular weight excluding hydrogens is 460 g/mol. The van der Waals surface area contributed by atoms with Crippen LogP contribution in [0.5, 0.6) is 11.5 Å². The third-order valence-electron chi connectivity index (χ3n) is 5.96. The first kappa shape index (κ1) is 23.8. The first-order chi connectivity index (χ1) is 18.1. The Balaban J connectivity index is 1.31. The van der Waals surface area contributed by atoms with Crippen LogP contribution in [0.1, 0.15) is 26.3 Å². The van der Waals surface area contributed by atoms with E-state index in [9.17, 15) is 9.59 Å². The minimum absolute atomic E-state index is 0.178. The lowest BCUT2D eigenvalue weighted by atomic mass is 10.0. The van der Waals surface area contributed by atoms with Gasteiger partial charge in [-0.25, -0.2) is 9.59 Å². The maximum Gasteiger partial charge on any atom is 0.343 e. The molecule has 0 N–H and O–H groups in total. The summed E-state index contributed by atoms with van der Waals surface area (Å²) in [5.41, 5.74) is 5.79. The molecule has 0 saturated carbocycles. The average molecular weight is 485 g/mol. The second kappa shape index (κ2) is 10.8. The molecule has 180 valence electrons. The van der Waals surface area contributed by atoms with Gasteiger partial charge in [-0.15, -0.1) is 0 Å². The molecule has 5 aromatic carbocycles. The van der Waals surface area contributed by atoms with E-state index in [1.807, 2.05) is 91.9 Å². The third kappa shape index (κ3) is 5.65. The first-order valence-electron chi connectivity index (χ1n) is 11.9. The highest BCUT2D eigenvalue weighted by Crippen LogP contribution is 2.30. The van der Waals surface area contributed by atoms with Gasteiger partial charge in [0.25, 0.3) is 0 Å². The summed E-state index contributed by atoms with van der Waals surface area (Å²) in [7, 11) is 0. The molecule has 5 rings (SSSR count). The predicted molar refractivity (Wildman–Crippen MR) is 145 cm³/mol. The second-order valence-electron chi connectivity index (χ2n) is 8.62. The molecule has 37 heavy (non-hydrogen) atoms. The number of hydrogen-bond donors (Lipinski definition) is 0. The van der Waals surface area contributed by atoms with Gasteiger partial charge in [0, 0.05) is 0 Å². The molecule has 0 fully saturated rings. The Kier molecular flexibility index (Phi) is 6.91. The summed E-state index contributed by atoms with van der Waals surface area (Å²) in [5, 5.41) is 0. The van der Waals surface area contributed by atoms with Gasteiger partial charge in [0.05, 0.1) is 11.1 Å². The normalized spacial score (nSPS) is 10.5. The van der Waals surface area contributed by atoms with Gasteiger partial charge in [0.2, 0.25) is 0 Å². The van der Waals surface area contributed by atoms with Gasteiger partial charge in [0.1, 0.15) is 0 Å². The number of aryl methyl sites for hydroxylation is 1. The van der Waals surface area contributed by atoms with Gasteiger partial charge in [-0.1, -0.05) is 91.0 Å². The van der Waals surface area contributed by atoms with Gasteiger partial charge < -0.3 is 9.47 Å². The molecule has 0 aliphatic heterocycles. The Morgan fingerprint density at radius 3 is 1.32 bits per heavy atom. The minimum Gasteiger partial charge on any atom is -0.419 e. The van der Waals surface area contributed by atoms with Crippen LogP contribution in [0, 0.1) is 6.92 Å². The number of carbonyl (C=O) groups excluding carboxylic acids is 2. The molecule has 0 saturated heterocycles. The Morgan fingerprint density at radius 2 is 0.865 bits per heavy atom. The second-order valence-corrected chi connectivity index (χ2v) is 8.62. The van der Waals surface area contributed by atoms with Gasteiger partial charge >= 0.3 is 11.9 Å². The number of carbonyl (C=O) groups is 2. The highest BCUT2D eigenvalue weighted by atomic mass is 16.6. The fourth-order valence-corrected chi connectivity index (χ4v) is 3.96. The number of hydrogen-bond acceptors (Lipinski definition) is 4. The first-order valence-corrected chi connectivity index (χ1v) is 11.9. The molecule has 0 heterocycles. The lowest BCUT2D eigenvalue weighted by molar-refractivity contribution is 0.0682. The Bertz CT molecular complexity index is 1520. The highest BCUT2D eigenvalue weighted by Gasteiger charge is 2.17. The van der Waals surface area contributed by atoms with Crippen molar-refractivity contribution in [2.75, 3.05) is 0 Å². The molecule has 4 heteroatoms. The van der Waals surface area contributed by atoms with Crippen molar-refractivity contribution in [3.63, 3.8) is 0 Å². The summed E-state index contributed by atoms with van der Waals surface area (Å²) in [6, 6.07) is 39.3. The van der Waals surface area contributed by atoms with E-state index >= 15 is 0 Å². The summed E-state index contributed by atoms with van der Waals surface area (Å²) < 4.78 is 11.3. The number of ether oxygens (including phenoxy) is 2. The molecule has 4 nitrogen and oxygen atoms in total. The van der Waals surface area contributed by atoms with Crippen LogP contribution in [0.3, 0.4) is 0 Å². The smallest absolute Gasteiger partial charge is 0.343 e. The van der Waals surface area contributed by atoms with Crippen LogP contribution in [0.15, 0.2) is 127 Å².